The third-order valence-electron chi connectivity index (χ3n) is 4.31. The van der Waals surface area contributed by atoms with Gasteiger partial charge in [-0.15, -0.1) is 16.8 Å². The number of benzene rings is 2. The summed E-state index contributed by atoms with van der Waals surface area (Å²) >= 11 is 1.63. The van der Waals surface area contributed by atoms with E-state index >= 15 is 0 Å². The van der Waals surface area contributed by atoms with Gasteiger partial charge in [-0.2, -0.15) is 0 Å². The van der Waals surface area contributed by atoms with Gasteiger partial charge >= 0.3 is 0 Å². The second kappa shape index (κ2) is 9.37. The lowest BCUT2D eigenvalue weighted by Crippen LogP contribution is -2.24. The number of hydrogen-bond donors (Lipinski definition) is 1. The molecule has 0 saturated carbocycles. The Balaban J connectivity index is 1.65. The van der Waals surface area contributed by atoms with E-state index in [1.54, 1.807) is 11.8 Å². The maximum atomic E-state index is 12.3. The third kappa shape index (κ3) is 5.10. The number of aromatic nitrogens is 3. The lowest BCUT2D eigenvalue weighted by Gasteiger charge is -2.09. The summed E-state index contributed by atoms with van der Waals surface area (Å²) in [6.45, 7) is 8.81. The average Bonchev–Trinajstić information content (AvgIpc) is 3.08. The van der Waals surface area contributed by atoms with Crippen molar-refractivity contribution in [2.75, 3.05) is 0 Å². The molecule has 3 rings (SSSR count). The number of amides is 1. The van der Waals surface area contributed by atoms with Crippen LogP contribution in [0.25, 0.3) is 0 Å². The Bertz CT molecular complexity index is 946. The van der Waals surface area contributed by atoms with Crippen molar-refractivity contribution < 1.29 is 4.79 Å². The number of thioether (sulfide) groups is 1. The van der Waals surface area contributed by atoms with E-state index in [0.29, 0.717) is 24.5 Å². The van der Waals surface area contributed by atoms with Crippen LogP contribution < -0.4 is 5.32 Å². The molecule has 0 aliphatic heterocycles. The van der Waals surface area contributed by atoms with E-state index in [4.69, 9.17) is 0 Å². The van der Waals surface area contributed by atoms with Crippen molar-refractivity contribution in [2.24, 2.45) is 0 Å². The van der Waals surface area contributed by atoms with Crippen LogP contribution in [0, 0.1) is 13.8 Å². The third-order valence-corrected chi connectivity index (χ3v) is 5.35. The first-order chi connectivity index (χ1) is 13.6. The van der Waals surface area contributed by atoms with Gasteiger partial charge in [0.2, 0.25) is 0 Å². The first-order valence-electron chi connectivity index (χ1n) is 9.13. The average molecular weight is 393 g/mol. The fraction of sp³-hybridized carbons (Fsp3) is 0.227. The minimum absolute atomic E-state index is 0.123. The van der Waals surface area contributed by atoms with Crippen molar-refractivity contribution in [3.63, 3.8) is 0 Å². The maximum absolute atomic E-state index is 12.3. The van der Waals surface area contributed by atoms with Crippen LogP contribution in [-0.2, 0) is 18.8 Å². The Morgan fingerprint density at radius 2 is 1.71 bits per heavy atom. The van der Waals surface area contributed by atoms with E-state index in [9.17, 15) is 4.79 Å². The van der Waals surface area contributed by atoms with Gasteiger partial charge in [-0.3, -0.25) is 4.79 Å². The Kier molecular flexibility index (Phi) is 6.66. The van der Waals surface area contributed by atoms with Crippen molar-refractivity contribution in [1.82, 2.24) is 20.1 Å². The maximum Gasteiger partial charge on any atom is 0.251 e. The Morgan fingerprint density at radius 3 is 2.36 bits per heavy atom. The van der Waals surface area contributed by atoms with Gasteiger partial charge in [0.1, 0.15) is 0 Å². The summed E-state index contributed by atoms with van der Waals surface area (Å²) < 4.78 is 1.99. The van der Waals surface area contributed by atoms with Crippen molar-refractivity contribution in [3.05, 3.63) is 89.3 Å². The highest BCUT2D eigenvalue weighted by Gasteiger charge is 2.13. The van der Waals surface area contributed by atoms with Crippen LogP contribution in [0.2, 0.25) is 0 Å². The molecule has 0 spiro atoms. The molecule has 0 unspecified atom stereocenters. The number of allylic oxidation sites excluding steroid dienone is 1. The fourth-order valence-electron chi connectivity index (χ4n) is 2.67. The molecule has 1 aromatic heterocycles. The van der Waals surface area contributed by atoms with Gasteiger partial charge in [-0.1, -0.05) is 65.4 Å². The quantitative estimate of drug-likeness (QED) is 0.459. The van der Waals surface area contributed by atoms with Gasteiger partial charge in [0.15, 0.2) is 11.0 Å². The number of nitrogens with one attached hydrogen (secondary N) is 1. The molecule has 0 aliphatic rings. The summed E-state index contributed by atoms with van der Waals surface area (Å²) in [5.74, 6) is 1.40. The monoisotopic (exact) mass is 392 g/mol. The van der Waals surface area contributed by atoms with Gasteiger partial charge in [0.25, 0.3) is 5.91 Å². The molecule has 3 aromatic rings. The normalized spacial score (nSPS) is 10.6. The highest BCUT2D eigenvalue weighted by Crippen LogP contribution is 2.22. The molecule has 6 heteroatoms. The summed E-state index contributed by atoms with van der Waals surface area (Å²) in [6.07, 6.45) is 1.81. The first-order valence-corrected chi connectivity index (χ1v) is 10.1. The van der Waals surface area contributed by atoms with Crippen molar-refractivity contribution >= 4 is 17.7 Å². The Hall–Kier alpha value is -2.86. The van der Waals surface area contributed by atoms with Gasteiger partial charge in [0, 0.05) is 17.9 Å². The standard InChI is InChI=1S/C22H24N4OS/c1-4-13-26-20(14-23-21(27)19-11-7-17(3)8-12-19)24-25-22(26)28-15-18-9-5-16(2)6-10-18/h4-12H,1,13-15H2,2-3H3,(H,23,27). The van der Waals surface area contributed by atoms with E-state index < -0.39 is 0 Å². The topological polar surface area (TPSA) is 59.8 Å². The molecule has 2 aromatic carbocycles. The summed E-state index contributed by atoms with van der Waals surface area (Å²) in [5, 5.41) is 12.3. The van der Waals surface area contributed by atoms with Crippen LogP contribution in [0.1, 0.15) is 32.9 Å². The summed E-state index contributed by atoms with van der Waals surface area (Å²) in [7, 11) is 0. The summed E-state index contributed by atoms with van der Waals surface area (Å²) in [5.41, 5.74) is 4.24. The number of carbonyl (C=O) groups excluding carboxylic acids is 1. The van der Waals surface area contributed by atoms with Crippen LogP contribution in [0.3, 0.4) is 0 Å². The van der Waals surface area contributed by atoms with Crippen molar-refractivity contribution in [3.8, 4) is 0 Å². The zero-order valence-corrected chi connectivity index (χ0v) is 17.0. The summed E-state index contributed by atoms with van der Waals surface area (Å²) in [4.78, 5) is 12.3. The molecule has 144 valence electrons. The van der Waals surface area contributed by atoms with E-state index in [2.05, 4.69) is 53.3 Å². The second-order valence-corrected chi connectivity index (χ2v) is 7.56. The lowest BCUT2D eigenvalue weighted by atomic mass is 10.1. The predicted octanol–water partition coefficient (Wildman–Crippen LogP) is 4.30. The molecule has 0 fully saturated rings. The van der Waals surface area contributed by atoms with Crippen LogP contribution in [0.5, 0.6) is 0 Å². The Morgan fingerprint density at radius 1 is 1.07 bits per heavy atom. The fourth-order valence-corrected chi connectivity index (χ4v) is 3.59. The van der Waals surface area contributed by atoms with E-state index in [1.165, 1.54) is 11.1 Å². The lowest BCUT2D eigenvalue weighted by molar-refractivity contribution is 0.0949. The molecule has 0 aliphatic carbocycles. The van der Waals surface area contributed by atoms with Gasteiger partial charge < -0.3 is 9.88 Å². The van der Waals surface area contributed by atoms with E-state index in [-0.39, 0.29) is 5.91 Å². The largest absolute Gasteiger partial charge is 0.345 e. The van der Waals surface area contributed by atoms with Crippen LogP contribution in [0.15, 0.2) is 66.3 Å². The van der Waals surface area contributed by atoms with E-state index in [1.807, 2.05) is 41.8 Å². The van der Waals surface area contributed by atoms with Crippen LogP contribution >= 0.6 is 11.8 Å². The minimum Gasteiger partial charge on any atom is -0.345 e. The molecule has 1 heterocycles. The highest BCUT2D eigenvalue weighted by atomic mass is 32.2. The molecule has 28 heavy (non-hydrogen) atoms. The number of aryl methyl sites for hydroxylation is 2. The molecule has 0 radical (unpaired) electrons. The molecule has 0 atom stereocenters. The molecule has 0 bridgehead atoms. The zero-order chi connectivity index (χ0) is 19.9. The number of hydrogen-bond acceptors (Lipinski definition) is 4. The SMILES string of the molecule is C=CCn1c(CNC(=O)c2ccc(C)cc2)nnc1SCc1ccc(C)cc1. The molecular formula is C22H24N4OS. The highest BCUT2D eigenvalue weighted by molar-refractivity contribution is 7.98. The zero-order valence-electron chi connectivity index (χ0n) is 16.2. The van der Waals surface area contributed by atoms with Crippen molar-refractivity contribution in [2.45, 2.75) is 37.8 Å². The molecule has 0 saturated heterocycles. The van der Waals surface area contributed by atoms with Crippen molar-refractivity contribution in [1.29, 1.82) is 0 Å². The van der Waals surface area contributed by atoms with Gasteiger partial charge in [-0.05, 0) is 31.5 Å². The molecule has 1 amide bonds. The van der Waals surface area contributed by atoms with Gasteiger partial charge in [0.05, 0.1) is 6.54 Å². The molecule has 5 nitrogen and oxygen atoms in total. The Labute approximate surface area is 169 Å². The first kappa shape index (κ1) is 19.9. The number of nitrogens with zero attached hydrogens (tertiary/aromatic N) is 3. The summed E-state index contributed by atoms with van der Waals surface area (Å²) in [6, 6.07) is 16.0. The second-order valence-electron chi connectivity index (χ2n) is 6.62. The van der Waals surface area contributed by atoms with Crippen LogP contribution in [0.4, 0.5) is 0 Å². The molecular weight excluding hydrogens is 368 g/mol. The molecule has 1 N–H and O–H groups in total. The number of carbonyl (C=O) groups is 1. The van der Waals surface area contributed by atoms with Gasteiger partial charge in [-0.25, -0.2) is 0 Å². The predicted molar refractivity (Wildman–Crippen MR) is 113 cm³/mol. The van der Waals surface area contributed by atoms with Crippen LogP contribution in [-0.4, -0.2) is 20.7 Å². The van der Waals surface area contributed by atoms with E-state index in [0.717, 1.165) is 16.5 Å². The smallest absolute Gasteiger partial charge is 0.251 e. The minimum atomic E-state index is -0.123. The number of rotatable bonds is 8.